The molecule has 96 valence electrons. The third kappa shape index (κ3) is 3.34. The van der Waals surface area contributed by atoms with Crippen LogP contribution >= 0.6 is 27.3 Å². The quantitative estimate of drug-likeness (QED) is 0.818. The highest BCUT2D eigenvalue weighted by Gasteiger charge is 2.08. The predicted molar refractivity (Wildman–Crippen MR) is 80.2 cm³/mol. The van der Waals surface area contributed by atoms with Crippen LogP contribution in [-0.2, 0) is 13.1 Å². The van der Waals surface area contributed by atoms with E-state index in [0.29, 0.717) is 0 Å². The van der Waals surface area contributed by atoms with Gasteiger partial charge in [0.25, 0.3) is 0 Å². The molecule has 1 aromatic heterocycles. The van der Waals surface area contributed by atoms with Gasteiger partial charge in [0.05, 0.1) is 7.11 Å². The monoisotopic (exact) mass is 325 g/mol. The Kier molecular flexibility index (Phi) is 4.80. The van der Waals surface area contributed by atoms with Crippen LogP contribution in [0.2, 0.25) is 0 Å². The first-order chi connectivity index (χ1) is 8.70. The summed E-state index contributed by atoms with van der Waals surface area (Å²) in [6, 6.07) is 10.3. The largest absolute Gasteiger partial charge is 0.496 e. The van der Waals surface area contributed by atoms with Crippen molar-refractivity contribution < 1.29 is 4.74 Å². The number of rotatable bonds is 5. The van der Waals surface area contributed by atoms with E-state index < -0.39 is 0 Å². The summed E-state index contributed by atoms with van der Waals surface area (Å²) in [7, 11) is 3.84. The highest BCUT2D eigenvalue weighted by Crippen LogP contribution is 2.25. The zero-order chi connectivity index (χ0) is 13.0. The normalized spacial score (nSPS) is 10.9. The number of nitrogens with zero attached hydrogens (tertiary/aromatic N) is 1. The minimum absolute atomic E-state index is 0.883. The van der Waals surface area contributed by atoms with E-state index in [4.69, 9.17) is 4.74 Å². The van der Waals surface area contributed by atoms with Gasteiger partial charge >= 0.3 is 0 Å². The first kappa shape index (κ1) is 13.6. The standard InChI is InChI=1S/C14H16BrNOS/c1-16(10-14-12(15)7-8-18-14)9-11-5-3-4-6-13(11)17-2/h3-8H,9-10H2,1-2H3. The van der Waals surface area contributed by atoms with Crippen LogP contribution < -0.4 is 4.74 Å². The Hall–Kier alpha value is -0.840. The van der Waals surface area contributed by atoms with Crippen LogP contribution in [-0.4, -0.2) is 19.1 Å². The number of hydrogen-bond donors (Lipinski definition) is 0. The van der Waals surface area contributed by atoms with Crippen molar-refractivity contribution in [1.29, 1.82) is 0 Å². The zero-order valence-corrected chi connectivity index (χ0v) is 12.9. The van der Waals surface area contributed by atoms with Crippen molar-refractivity contribution >= 4 is 27.3 Å². The van der Waals surface area contributed by atoms with Gasteiger partial charge in [-0.2, -0.15) is 0 Å². The van der Waals surface area contributed by atoms with Crippen molar-refractivity contribution in [2.45, 2.75) is 13.1 Å². The number of hydrogen-bond acceptors (Lipinski definition) is 3. The van der Waals surface area contributed by atoms with E-state index in [-0.39, 0.29) is 0 Å². The fraction of sp³-hybridized carbons (Fsp3) is 0.286. The van der Waals surface area contributed by atoms with Gasteiger partial charge in [-0.25, -0.2) is 0 Å². The Bertz CT molecular complexity index is 512. The molecule has 0 aliphatic heterocycles. The molecule has 0 atom stereocenters. The molecule has 18 heavy (non-hydrogen) atoms. The van der Waals surface area contributed by atoms with Crippen LogP contribution in [0.1, 0.15) is 10.4 Å². The third-order valence-electron chi connectivity index (χ3n) is 2.74. The molecule has 0 saturated heterocycles. The number of ether oxygens (including phenoxy) is 1. The summed E-state index contributed by atoms with van der Waals surface area (Å²) >= 11 is 5.35. The second-order valence-corrected chi connectivity index (χ2v) is 6.03. The molecule has 0 N–H and O–H groups in total. The second-order valence-electron chi connectivity index (χ2n) is 4.18. The first-order valence-electron chi connectivity index (χ1n) is 5.73. The fourth-order valence-corrected chi connectivity index (χ4v) is 3.42. The molecule has 0 aliphatic carbocycles. The number of benzene rings is 1. The van der Waals surface area contributed by atoms with Crippen molar-refractivity contribution in [3.63, 3.8) is 0 Å². The Morgan fingerprint density at radius 2 is 2.00 bits per heavy atom. The Balaban J connectivity index is 2.03. The molecule has 0 radical (unpaired) electrons. The molecule has 2 nitrogen and oxygen atoms in total. The van der Waals surface area contributed by atoms with Gasteiger partial charge in [-0.1, -0.05) is 18.2 Å². The van der Waals surface area contributed by atoms with Crippen molar-refractivity contribution in [2.24, 2.45) is 0 Å². The summed E-state index contributed by atoms with van der Waals surface area (Å²) in [5.74, 6) is 0.953. The van der Waals surface area contributed by atoms with Crippen LogP contribution in [0.15, 0.2) is 40.2 Å². The molecule has 2 rings (SSSR count). The fourth-order valence-electron chi connectivity index (χ4n) is 1.86. The van der Waals surface area contributed by atoms with Crippen LogP contribution in [0.3, 0.4) is 0 Å². The minimum atomic E-state index is 0.883. The van der Waals surface area contributed by atoms with E-state index in [1.165, 1.54) is 14.9 Å². The smallest absolute Gasteiger partial charge is 0.123 e. The maximum absolute atomic E-state index is 5.37. The van der Waals surface area contributed by atoms with Gasteiger partial charge in [0.15, 0.2) is 0 Å². The number of methoxy groups -OCH3 is 1. The number of para-hydroxylation sites is 1. The molecule has 0 unspecified atom stereocenters. The SMILES string of the molecule is COc1ccccc1CN(C)Cc1sccc1Br. The third-order valence-corrected chi connectivity index (χ3v) is 4.65. The number of halogens is 1. The van der Waals surface area contributed by atoms with Gasteiger partial charge in [-0.05, 0) is 40.5 Å². The lowest BCUT2D eigenvalue weighted by Gasteiger charge is -2.17. The van der Waals surface area contributed by atoms with Gasteiger partial charge in [0.1, 0.15) is 5.75 Å². The zero-order valence-electron chi connectivity index (χ0n) is 10.5. The van der Waals surface area contributed by atoms with Crippen molar-refractivity contribution in [2.75, 3.05) is 14.2 Å². The van der Waals surface area contributed by atoms with Gasteiger partial charge in [0.2, 0.25) is 0 Å². The van der Waals surface area contributed by atoms with Crippen LogP contribution in [0.5, 0.6) is 5.75 Å². The molecular weight excluding hydrogens is 310 g/mol. The maximum atomic E-state index is 5.37. The molecule has 1 aromatic carbocycles. The van der Waals surface area contributed by atoms with E-state index in [1.807, 2.05) is 18.2 Å². The minimum Gasteiger partial charge on any atom is -0.496 e. The molecule has 1 heterocycles. The molecule has 0 bridgehead atoms. The van der Waals surface area contributed by atoms with E-state index >= 15 is 0 Å². The van der Waals surface area contributed by atoms with E-state index in [2.05, 4.69) is 45.4 Å². The molecule has 0 fully saturated rings. The van der Waals surface area contributed by atoms with E-state index in [1.54, 1.807) is 18.4 Å². The lowest BCUT2D eigenvalue weighted by molar-refractivity contribution is 0.312. The van der Waals surface area contributed by atoms with E-state index in [0.717, 1.165) is 18.8 Å². The predicted octanol–water partition coefficient (Wildman–Crippen LogP) is 4.15. The van der Waals surface area contributed by atoms with Crippen molar-refractivity contribution in [1.82, 2.24) is 4.90 Å². The van der Waals surface area contributed by atoms with Crippen LogP contribution in [0.25, 0.3) is 0 Å². The topological polar surface area (TPSA) is 12.5 Å². The summed E-state index contributed by atoms with van der Waals surface area (Å²) in [6.45, 7) is 1.82. The van der Waals surface area contributed by atoms with Crippen molar-refractivity contribution in [3.05, 3.63) is 50.6 Å². The summed E-state index contributed by atoms with van der Waals surface area (Å²) in [5.41, 5.74) is 1.22. The molecule has 0 amide bonds. The van der Waals surface area contributed by atoms with Crippen LogP contribution in [0.4, 0.5) is 0 Å². The molecule has 0 saturated carbocycles. The first-order valence-corrected chi connectivity index (χ1v) is 7.40. The van der Waals surface area contributed by atoms with Crippen molar-refractivity contribution in [3.8, 4) is 5.75 Å². The molecular formula is C14H16BrNOS. The molecule has 2 aromatic rings. The second kappa shape index (κ2) is 6.36. The Morgan fingerprint density at radius 1 is 1.22 bits per heavy atom. The van der Waals surface area contributed by atoms with E-state index in [9.17, 15) is 0 Å². The lowest BCUT2D eigenvalue weighted by atomic mass is 10.2. The molecule has 0 aliphatic rings. The average Bonchev–Trinajstić information content (AvgIpc) is 2.75. The van der Waals surface area contributed by atoms with Gasteiger partial charge in [0, 0.05) is 28.0 Å². The highest BCUT2D eigenvalue weighted by molar-refractivity contribution is 9.10. The average molecular weight is 326 g/mol. The van der Waals surface area contributed by atoms with Crippen LogP contribution in [0, 0.1) is 0 Å². The summed E-state index contributed by atoms with van der Waals surface area (Å²) in [4.78, 5) is 3.64. The molecule has 0 spiro atoms. The van der Waals surface area contributed by atoms with Gasteiger partial charge < -0.3 is 4.74 Å². The highest BCUT2D eigenvalue weighted by atomic mass is 79.9. The summed E-state index contributed by atoms with van der Waals surface area (Å²) in [5, 5.41) is 2.11. The van der Waals surface area contributed by atoms with Gasteiger partial charge in [-0.3, -0.25) is 4.90 Å². The Morgan fingerprint density at radius 3 is 2.67 bits per heavy atom. The Labute approximate surface area is 120 Å². The summed E-state index contributed by atoms with van der Waals surface area (Å²) < 4.78 is 6.57. The lowest BCUT2D eigenvalue weighted by Crippen LogP contribution is -2.17. The number of thiophene rings is 1. The molecule has 4 heteroatoms. The van der Waals surface area contributed by atoms with Gasteiger partial charge in [-0.15, -0.1) is 11.3 Å². The summed E-state index contributed by atoms with van der Waals surface area (Å²) in [6.07, 6.45) is 0. The maximum Gasteiger partial charge on any atom is 0.123 e.